The molecule has 26 heavy (non-hydrogen) atoms. The minimum Gasteiger partial charge on any atom is -0.508 e. The van der Waals surface area contributed by atoms with Crippen molar-refractivity contribution in [1.29, 1.82) is 0 Å². The zero-order valence-electron chi connectivity index (χ0n) is 14.4. The number of thiophene rings is 1. The summed E-state index contributed by atoms with van der Waals surface area (Å²) in [6.45, 7) is 4.78. The monoisotopic (exact) mass is 371 g/mol. The van der Waals surface area contributed by atoms with Crippen LogP contribution in [0.15, 0.2) is 23.0 Å². The summed E-state index contributed by atoms with van der Waals surface area (Å²) < 4.78 is 1.46. The van der Waals surface area contributed by atoms with Crippen molar-refractivity contribution in [3.63, 3.8) is 0 Å². The second-order valence-corrected chi connectivity index (χ2v) is 7.10. The topological polar surface area (TPSA) is 128 Å². The summed E-state index contributed by atoms with van der Waals surface area (Å²) in [5.74, 6) is -1.15. The number of aromatic hydroxyl groups is 1. The molecule has 0 radical (unpaired) electrons. The standard InChI is InChI=1S/C18H17N3O4S/c1-7-4-5-11(23)8(2)14(7)21-16(19)13(17(20)24)15-10(18(21)25)6-12(26-15)9(3)22/h4-6,23H,19H2,1-3H3,(H2,20,24). The number of aryl methyl sites for hydroxylation is 1. The number of fused-ring (bicyclic) bond motifs is 1. The molecule has 134 valence electrons. The number of primary amides is 1. The molecule has 0 aliphatic rings. The van der Waals surface area contributed by atoms with Crippen molar-refractivity contribution < 1.29 is 14.7 Å². The second-order valence-electron chi connectivity index (χ2n) is 6.05. The number of nitrogen functional groups attached to an aromatic ring is 1. The maximum Gasteiger partial charge on any atom is 0.265 e. The summed E-state index contributed by atoms with van der Waals surface area (Å²) in [5, 5.41) is 10.2. The number of rotatable bonds is 3. The van der Waals surface area contributed by atoms with Gasteiger partial charge >= 0.3 is 0 Å². The molecule has 0 unspecified atom stereocenters. The molecule has 0 bridgehead atoms. The van der Waals surface area contributed by atoms with Crippen molar-refractivity contribution in [1.82, 2.24) is 4.57 Å². The van der Waals surface area contributed by atoms with E-state index in [-0.39, 0.29) is 33.0 Å². The van der Waals surface area contributed by atoms with Crippen molar-refractivity contribution >= 4 is 38.9 Å². The Kier molecular flexibility index (Phi) is 4.08. The van der Waals surface area contributed by atoms with Crippen LogP contribution in [0, 0.1) is 13.8 Å². The zero-order chi connectivity index (χ0) is 19.3. The van der Waals surface area contributed by atoms with Crippen molar-refractivity contribution in [2.24, 2.45) is 5.73 Å². The van der Waals surface area contributed by atoms with Gasteiger partial charge in [0.2, 0.25) is 0 Å². The van der Waals surface area contributed by atoms with E-state index in [0.29, 0.717) is 21.7 Å². The number of hydrogen-bond donors (Lipinski definition) is 3. The molecule has 2 aromatic heterocycles. The van der Waals surface area contributed by atoms with Crippen LogP contribution in [-0.4, -0.2) is 21.4 Å². The van der Waals surface area contributed by atoms with Crippen LogP contribution in [0.3, 0.4) is 0 Å². The third-order valence-corrected chi connectivity index (χ3v) is 5.56. The summed E-state index contributed by atoms with van der Waals surface area (Å²) in [4.78, 5) is 37.2. The van der Waals surface area contributed by atoms with E-state index >= 15 is 0 Å². The predicted octanol–water partition coefficient (Wildman–Crippen LogP) is 2.26. The van der Waals surface area contributed by atoms with Gasteiger partial charge in [-0.15, -0.1) is 11.3 Å². The average molecular weight is 371 g/mol. The lowest BCUT2D eigenvalue weighted by molar-refractivity contribution is 0.0998. The maximum atomic E-state index is 13.1. The Balaban J connectivity index is 2.57. The first-order valence-corrected chi connectivity index (χ1v) is 8.55. The zero-order valence-corrected chi connectivity index (χ0v) is 15.2. The minimum absolute atomic E-state index is 0.00707. The van der Waals surface area contributed by atoms with Gasteiger partial charge in [0.15, 0.2) is 5.78 Å². The van der Waals surface area contributed by atoms with Crippen LogP contribution in [0.5, 0.6) is 5.75 Å². The number of hydrogen-bond acceptors (Lipinski definition) is 6. The van der Waals surface area contributed by atoms with E-state index in [4.69, 9.17) is 11.5 Å². The van der Waals surface area contributed by atoms with Gasteiger partial charge in [-0.05, 0) is 38.5 Å². The van der Waals surface area contributed by atoms with E-state index in [1.54, 1.807) is 19.9 Å². The number of ketones is 1. The lowest BCUT2D eigenvalue weighted by Crippen LogP contribution is -2.27. The fourth-order valence-electron chi connectivity index (χ4n) is 3.00. The van der Waals surface area contributed by atoms with Crippen LogP contribution in [-0.2, 0) is 0 Å². The van der Waals surface area contributed by atoms with E-state index in [1.165, 1.54) is 23.6 Å². The third-order valence-electron chi connectivity index (χ3n) is 4.31. The molecule has 7 nitrogen and oxygen atoms in total. The van der Waals surface area contributed by atoms with E-state index in [1.807, 2.05) is 0 Å². The summed E-state index contributed by atoms with van der Waals surface area (Å²) >= 11 is 1.01. The number of nitrogens with two attached hydrogens (primary N) is 2. The van der Waals surface area contributed by atoms with Crippen LogP contribution < -0.4 is 17.0 Å². The molecular weight excluding hydrogens is 354 g/mol. The smallest absolute Gasteiger partial charge is 0.265 e. The molecule has 3 rings (SSSR count). The molecule has 2 heterocycles. The summed E-state index contributed by atoms with van der Waals surface area (Å²) in [6.07, 6.45) is 0. The molecule has 0 saturated heterocycles. The average Bonchev–Trinajstić information content (AvgIpc) is 2.99. The molecule has 5 N–H and O–H groups in total. The van der Waals surface area contributed by atoms with E-state index in [9.17, 15) is 19.5 Å². The van der Waals surface area contributed by atoms with Crippen LogP contribution in [0.25, 0.3) is 15.8 Å². The molecular formula is C18H17N3O4S. The summed E-state index contributed by atoms with van der Waals surface area (Å²) in [5.41, 5.74) is 12.7. The highest BCUT2D eigenvalue weighted by molar-refractivity contribution is 7.21. The molecule has 0 aliphatic heterocycles. The first-order valence-electron chi connectivity index (χ1n) is 7.73. The fourth-order valence-corrected chi connectivity index (χ4v) is 4.10. The van der Waals surface area contributed by atoms with Crippen LogP contribution in [0.4, 0.5) is 5.82 Å². The molecule has 0 saturated carbocycles. The Morgan fingerprint density at radius 2 is 1.88 bits per heavy atom. The van der Waals surface area contributed by atoms with Gasteiger partial charge in [0.1, 0.15) is 11.6 Å². The van der Waals surface area contributed by atoms with Crippen molar-refractivity contribution in [3.8, 4) is 11.4 Å². The second kappa shape index (κ2) is 5.99. The number of Topliss-reactive ketones (excluding diaryl/α,β-unsaturated/α-hetero) is 1. The highest BCUT2D eigenvalue weighted by Gasteiger charge is 2.24. The number of anilines is 1. The van der Waals surface area contributed by atoms with Gasteiger partial charge < -0.3 is 16.6 Å². The van der Waals surface area contributed by atoms with Gasteiger partial charge in [-0.1, -0.05) is 6.07 Å². The number of aromatic nitrogens is 1. The fraction of sp³-hybridized carbons (Fsp3) is 0.167. The lowest BCUT2D eigenvalue weighted by Gasteiger charge is -2.18. The Hall–Kier alpha value is -3.13. The van der Waals surface area contributed by atoms with Gasteiger partial charge in [0.05, 0.1) is 26.2 Å². The SMILES string of the molecule is CC(=O)c1cc2c(=O)n(-c3c(C)ccc(O)c3C)c(N)c(C(N)=O)c2s1. The van der Waals surface area contributed by atoms with Gasteiger partial charge in [-0.2, -0.15) is 0 Å². The number of benzene rings is 1. The van der Waals surface area contributed by atoms with Crippen LogP contribution >= 0.6 is 11.3 Å². The van der Waals surface area contributed by atoms with E-state index in [0.717, 1.165) is 11.3 Å². The third kappa shape index (κ3) is 2.46. The highest BCUT2D eigenvalue weighted by atomic mass is 32.1. The van der Waals surface area contributed by atoms with Gasteiger partial charge in [-0.25, -0.2) is 0 Å². The number of phenolic OH excluding ortho intramolecular Hbond substituents is 1. The largest absolute Gasteiger partial charge is 0.508 e. The van der Waals surface area contributed by atoms with Crippen LogP contribution in [0.1, 0.15) is 38.1 Å². The molecule has 1 amide bonds. The number of carbonyl (C=O) groups is 2. The number of nitrogens with zero attached hydrogens (tertiary/aromatic N) is 1. The predicted molar refractivity (Wildman–Crippen MR) is 101 cm³/mol. The lowest BCUT2D eigenvalue weighted by atomic mass is 10.1. The molecule has 0 fully saturated rings. The van der Waals surface area contributed by atoms with Crippen molar-refractivity contribution in [2.45, 2.75) is 20.8 Å². The van der Waals surface area contributed by atoms with Gasteiger partial charge in [0.25, 0.3) is 11.5 Å². The van der Waals surface area contributed by atoms with Crippen molar-refractivity contribution in [2.75, 3.05) is 5.73 Å². The first-order chi connectivity index (χ1) is 12.1. The van der Waals surface area contributed by atoms with Gasteiger partial charge in [-0.3, -0.25) is 19.0 Å². The molecule has 8 heteroatoms. The summed E-state index contributed by atoms with van der Waals surface area (Å²) in [6, 6.07) is 4.61. The first kappa shape index (κ1) is 17.7. The number of phenols is 1. The molecule has 0 spiro atoms. The normalized spacial score (nSPS) is 11.0. The van der Waals surface area contributed by atoms with Crippen LogP contribution in [0.2, 0.25) is 0 Å². The molecule has 0 atom stereocenters. The van der Waals surface area contributed by atoms with E-state index in [2.05, 4.69) is 0 Å². The van der Waals surface area contributed by atoms with Gasteiger partial charge in [0, 0.05) is 5.56 Å². The number of amides is 1. The molecule has 3 aromatic rings. The van der Waals surface area contributed by atoms with E-state index < -0.39 is 11.5 Å². The summed E-state index contributed by atoms with van der Waals surface area (Å²) in [7, 11) is 0. The molecule has 0 aliphatic carbocycles. The number of carbonyl (C=O) groups excluding carboxylic acids is 2. The Bertz CT molecular complexity index is 1160. The maximum absolute atomic E-state index is 13.1. The quantitative estimate of drug-likeness (QED) is 0.608. The molecule has 1 aromatic carbocycles. The Labute approximate surface area is 152 Å². The Morgan fingerprint density at radius 3 is 2.46 bits per heavy atom. The number of pyridine rings is 1. The minimum atomic E-state index is -0.798. The Morgan fingerprint density at radius 1 is 1.23 bits per heavy atom. The highest BCUT2D eigenvalue weighted by Crippen LogP contribution is 2.34. The van der Waals surface area contributed by atoms with Crippen molar-refractivity contribution in [3.05, 3.63) is 50.1 Å².